The number of fused-ring (bicyclic) bond motifs is 1. The summed E-state index contributed by atoms with van der Waals surface area (Å²) in [4.78, 5) is 45.1. The van der Waals surface area contributed by atoms with Crippen molar-refractivity contribution in [3.63, 3.8) is 0 Å². The molecular weight excluding hydrogens is 430 g/mol. The molecular formula is C22H21N5O4S. The van der Waals surface area contributed by atoms with Crippen molar-refractivity contribution in [2.75, 3.05) is 30.9 Å². The van der Waals surface area contributed by atoms with E-state index in [-0.39, 0.29) is 17.2 Å². The number of nitro groups is 1. The minimum atomic E-state index is -0.507. The predicted octanol–water partition coefficient (Wildman–Crippen LogP) is 3.57. The fourth-order valence-electron chi connectivity index (χ4n) is 3.54. The molecule has 0 saturated carbocycles. The first-order valence-electron chi connectivity index (χ1n) is 9.93. The highest BCUT2D eigenvalue weighted by molar-refractivity contribution is 7.15. The molecule has 2 heterocycles. The number of amides is 2. The highest BCUT2D eigenvalue weighted by atomic mass is 32.1. The van der Waals surface area contributed by atoms with Gasteiger partial charge in [-0.2, -0.15) is 0 Å². The first-order valence-corrected chi connectivity index (χ1v) is 10.7. The molecule has 0 fully saturated rings. The number of benzene rings is 2. The minimum Gasteiger partial charge on any atom is -0.372 e. The van der Waals surface area contributed by atoms with Crippen LogP contribution in [0, 0.1) is 10.1 Å². The van der Waals surface area contributed by atoms with E-state index in [0.717, 1.165) is 10.6 Å². The van der Waals surface area contributed by atoms with Crippen molar-refractivity contribution in [2.45, 2.75) is 13.0 Å². The van der Waals surface area contributed by atoms with Crippen LogP contribution in [0.4, 0.5) is 16.5 Å². The van der Waals surface area contributed by atoms with Crippen LogP contribution in [0.5, 0.6) is 0 Å². The van der Waals surface area contributed by atoms with E-state index in [9.17, 15) is 19.7 Å². The number of hydrogen-bond acceptors (Lipinski definition) is 7. The molecule has 9 nitrogen and oxygen atoms in total. The maximum absolute atomic E-state index is 12.7. The molecule has 1 aliphatic rings. The van der Waals surface area contributed by atoms with E-state index in [0.29, 0.717) is 35.9 Å². The number of rotatable bonds is 5. The number of nitrogens with zero attached hydrogens (tertiary/aromatic N) is 4. The zero-order chi connectivity index (χ0) is 22.8. The van der Waals surface area contributed by atoms with Crippen LogP contribution in [0.15, 0.2) is 48.5 Å². The summed E-state index contributed by atoms with van der Waals surface area (Å²) in [6.07, 6.45) is 0.600. The summed E-state index contributed by atoms with van der Waals surface area (Å²) in [5, 5.41) is 14.5. The lowest BCUT2D eigenvalue weighted by atomic mass is 10.1. The molecule has 1 N–H and O–H groups in total. The monoisotopic (exact) mass is 451 g/mol. The third-order valence-electron chi connectivity index (χ3n) is 5.18. The molecule has 2 amide bonds. The highest BCUT2D eigenvalue weighted by Crippen LogP contribution is 2.31. The van der Waals surface area contributed by atoms with Crippen molar-refractivity contribution in [1.82, 2.24) is 9.88 Å². The second-order valence-electron chi connectivity index (χ2n) is 7.54. The standard InChI is InChI=1S/C22H21N5O4S/c1-25(2)17-9-8-15(12-18(17)27(30)31)20(28)24-22-23-16-10-11-26(13-19(16)32-22)21(29)14-6-4-3-5-7-14/h3-9,12H,10-11,13H2,1-2H3,(H,23,24,28). The van der Waals surface area contributed by atoms with Gasteiger partial charge in [0.1, 0.15) is 5.69 Å². The lowest BCUT2D eigenvalue weighted by Crippen LogP contribution is -2.35. The molecule has 0 radical (unpaired) electrons. The van der Waals surface area contributed by atoms with Crippen LogP contribution in [0.2, 0.25) is 0 Å². The van der Waals surface area contributed by atoms with Crippen LogP contribution in [0.1, 0.15) is 31.3 Å². The van der Waals surface area contributed by atoms with Crippen molar-refractivity contribution in [3.8, 4) is 0 Å². The van der Waals surface area contributed by atoms with Gasteiger partial charge in [0.2, 0.25) is 0 Å². The van der Waals surface area contributed by atoms with Crippen molar-refractivity contribution in [3.05, 3.63) is 80.3 Å². The molecule has 0 bridgehead atoms. The number of carbonyl (C=O) groups is 2. The molecule has 2 aromatic carbocycles. The zero-order valence-electron chi connectivity index (χ0n) is 17.6. The second-order valence-corrected chi connectivity index (χ2v) is 8.62. The fraction of sp³-hybridized carbons (Fsp3) is 0.227. The van der Waals surface area contributed by atoms with E-state index in [1.165, 1.54) is 17.4 Å². The average Bonchev–Trinajstić information content (AvgIpc) is 3.20. The van der Waals surface area contributed by atoms with Gasteiger partial charge in [-0.3, -0.25) is 25.0 Å². The fourth-order valence-corrected chi connectivity index (χ4v) is 4.56. The Morgan fingerprint density at radius 1 is 1.16 bits per heavy atom. The Morgan fingerprint density at radius 2 is 1.91 bits per heavy atom. The summed E-state index contributed by atoms with van der Waals surface area (Å²) in [5.41, 5.74) is 1.94. The van der Waals surface area contributed by atoms with Crippen LogP contribution in [-0.2, 0) is 13.0 Å². The van der Waals surface area contributed by atoms with Gasteiger partial charge in [-0.1, -0.05) is 29.5 Å². The summed E-state index contributed by atoms with van der Waals surface area (Å²) in [5.74, 6) is -0.509. The molecule has 3 aromatic rings. The Bertz CT molecular complexity index is 1190. The number of thiazole rings is 1. The molecule has 0 unspecified atom stereocenters. The van der Waals surface area contributed by atoms with Crippen LogP contribution in [0.25, 0.3) is 0 Å². The van der Waals surface area contributed by atoms with Gasteiger partial charge >= 0.3 is 0 Å². The SMILES string of the molecule is CN(C)c1ccc(C(=O)Nc2nc3c(s2)CN(C(=O)c2ccccc2)CC3)cc1[N+](=O)[O-]. The number of anilines is 2. The summed E-state index contributed by atoms with van der Waals surface area (Å²) in [7, 11) is 3.40. The van der Waals surface area contributed by atoms with Gasteiger partial charge in [0, 0.05) is 49.1 Å². The first-order chi connectivity index (χ1) is 15.3. The van der Waals surface area contributed by atoms with E-state index in [1.54, 1.807) is 48.2 Å². The number of carbonyl (C=O) groups excluding carboxylic acids is 2. The lowest BCUT2D eigenvalue weighted by Gasteiger charge is -2.26. The van der Waals surface area contributed by atoms with E-state index in [2.05, 4.69) is 10.3 Å². The third kappa shape index (κ3) is 4.30. The maximum atomic E-state index is 12.7. The molecule has 0 spiro atoms. The molecule has 4 rings (SSSR count). The van der Waals surface area contributed by atoms with Crippen molar-refractivity contribution in [1.29, 1.82) is 0 Å². The smallest absolute Gasteiger partial charge is 0.293 e. The van der Waals surface area contributed by atoms with Gasteiger partial charge in [0.05, 0.1) is 17.2 Å². The topological polar surface area (TPSA) is 109 Å². The zero-order valence-corrected chi connectivity index (χ0v) is 18.4. The van der Waals surface area contributed by atoms with Crippen LogP contribution in [0.3, 0.4) is 0 Å². The average molecular weight is 452 g/mol. The second kappa shape index (κ2) is 8.75. The molecule has 10 heteroatoms. The molecule has 32 heavy (non-hydrogen) atoms. The number of hydrogen-bond donors (Lipinski definition) is 1. The van der Waals surface area contributed by atoms with E-state index >= 15 is 0 Å². The molecule has 1 aliphatic heterocycles. The molecule has 0 aliphatic carbocycles. The van der Waals surface area contributed by atoms with E-state index in [4.69, 9.17) is 0 Å². The van der Waals surface area contributed by atoms with Crippen molar-refractivity contribution >= 4 is 39.7 Å². The molecule has 0 atom stereocenters. The van der Waals surface area contributed by atoms with Gasteiger partial charge in [-0.15, -0.1) is 0 Å². The highest BCUT2D eigenvalue weighted by Gasteiger charge is 2.26. The first kappa shape index (κ1) is 21.4. The minimum absolute atomic E-state index is 0.0384. The molecule has 0 saturated heterocycles. The van der Waals surface area contributed by atoms with E-state index in [1.807, 2.05) is 18.2 Å². The Morgan fingerprint density at radius 3 is 2.59 bits per heavy atom. The lowest BCUT2D eigenvalue weighted by molar-refractivity contribution is -0.384. The van der Waals surface area contributed by atoms with Gasteiger partial charge in [-0.05, 0) is 24.3 Å². The van der Waals surface area contributed by atoms with Crippen LogP contribution in [-0.4, -0.2) is 47.3 Å². The van der Waals surface area contributed by atoms with Gasteiger partial charge < -0.3 is 9.80 Å². The van der Waals surface area contributed by atoms with Crippen LogP contribution < -0.4 is 10.2 Å². The summed E-state index contributed by atoms with van der Waals surface area (Å²) in [6, 6.07) is 13.5. The van der Waals surface area contributed by atoms with Crippen LogP contribution >= 0.6 is 11.3 Å². The largest absolute Gasteiger partial charge is 0.372 e. The number of nitro benzene ring substituents is 1. The Hall–Kier alpha value is -3.79. The normalized spacial score (nSPS) is 12.8. The quantitative estimate of drug-likeness (QED) is 0.469. The Kier molecular flexibility index (Phi) is 5.87. The van der Waals surface area contributed by atoms with Gasteiger partial charge in [-0.25, -0.2) is 4.98 Å². The summed E-state index contributed by atoms with van der Waals surface area (Å²) in [6.45, 7) is 0.982. The number of nitrogens with one attached hydrogen (secondary N) is 1. The van der Waals surface area contributed by atoms with Gasteiger partial charge in [0.15, 0.2) is 5.13 Å². The third-order valence-corrected chi connectivity index (χ3v) is 6.17. The maximum Gasteiger partial charge on any atom is 0.293 e. The summed E-state index contributed by atoms with van der Waals surface area (Å²) >= 11 is 1.31. The Balaban J connectivity index is 1.49. The van der Waals surface area contributed by atoms with Crippen molar-refractivity contribution < 1.29 is 14.5 Å². The van der Waals surface area contributed by atoms with Gasteiger partial charge in [0.25, 0.3) is 17.5 Å². The number of aromatic nitrogens is 1. The van der Waals surface area contributed by atoms with E-state index < -0.39 is 10.8 Å². The summed E-state index contributed by atoms with van der Waals surface area (Å²) < 4.78 is 0. The molecule has 1 aromatic heterocycles. The Labute approximate surface area is 188 Å². The van der Waals surface area contributed by atoms with Crippen molar-refractivity contribution in [2.24, 2.45) is 0 Å². The predicted molar refractivity (Wildman–Crippen MR) is 122 cm³/mol. The molecule has 164 valence electrons.